The van der Waals surface area contributed by atoms with Gasteiger partial charge in [-0.2, -0.15) is 0 Å². The Bertz CT molecular complexity index is 1680. The Morgan fingerprint density at radius 1 is 1.05 bits per heavy atom. The van der Waals surface area contributed by atoms with Crippen LogP contribution in [-0.2, 0) is 11.2 Å². The number of imidazole rings is 1. The van der Waals surface area contributed by atoms with E-state index in [0.29, 0.717) is 38.5 Å². The molecule has 0 radical (unpaired) electrons. The van der Waals surface area contributed by atoms with Gasteiger partial charge in [0.2, 0.25) is 0 Å². The molecule has 0 aliphatic rings. The van der Waals surface area contributed by atoms with Crippen molar-refractivity contribution in [3.8, 4) is 17.5 Å². The lowest BCUT2D eigenvalue weighted by Crippen LogP contribution is -2.14. The van der Waals surface area contributed by atoms with Gasteiger partial charge in [0.25, 0.3) is 5.91 Å². The Morgan fingerprint density at radius 2 is 1.77 bits per heavy atom. The van der Waals surface area contributed by atoms with Crippen molar-refractivity contribution in [2.24, 2.45) is 0 Å². The van der Waals surface area contributed by atoms with Crippen LogP contribution < -0.4 is 9.47 Å². The molecule has 5 aromatic rings. The van der Waals surface area contributed by atoms with E-state index in [2.05, 4.69) is 9.97 Å². The van der Waals surface area contributed by atoms with E-state index in [-0.39, 0.29) is 29.7 Å². The van der Waals surface area contributed by atoms with E-state index in [1.54, 1.807) is 68.6 Å². The number of H-pyrrole nitrogens is 1. The molecule has 0 aliphatic carbocycles. The number of rotatable bonds is 6. The van der Waals surface area contributed by atoms with E-state index >= 15 is 0 Å². The largest absolute Gasteiger partial charge is 0.507 e. The zero-order valence-corrected chi connectivity index (χ0v) is 22.2. The molecule has 5 rings (SSSR count). The molecule has 0 aliphatic heterocycles. The summed E-state index contributed by atoms with van der Waals surface area (Å²) in [5.74, 6) is -1.35. The fraction of sp³-hybridized carbons (Fsp3) is 0.103. The number of halogens is 1. The zero-order valence-electron chi connectivity index (χ0n) is 21.4. The Morgan fingerprint density at radius 3 is 2.40 bits per heavy atom. The summed E-state index contributed by atoms with van der Waals surface area (Å²) in [4.78, 5) is 42.1. The molecule has 3 N–H and O–H groups in total. The minimum Gasteiger partial charge on any atom is -0.507 e. The van der Waals surface area contributed by atoms with Gasteiger partial charge in [-0.05, 0) is 67.1 Å². The van der Waals surface area contributed by atoms with Crippen LogP contribution in [0.25, 0.3) is 10.9 Å². The summed E-state index contributed by atoms with van der Waals surface area (Å²) in [7, 11) is 1.54. The first-order valence-electron chi connectivity index (χ1n) is 11.9. The van der Waals surface area contributed by atoms with Gasteiger partial charge < -0.3 is 24.7 Å². The van der Waals surface area contributed by atoms with Crippen LogP contribution in [0.4, 0.5) is 0 Å². The Labute approximate surface area is 233 Å². The molecule has 204 valence electrons. The molecule has 0 bridgehead atoms. The van der Waals surface area contributed by atoms with Gasteiger partial charge in [-0.15, -0.1) is 0 Å². The van der Waals surface area contributed by atoms with Gasteiger partial charge in [-0.25, -0.2) is 9.78 Å². The number of fused-ring (bicyclic) bond motifs is 1. The standard InChI is InChI=1S/C19H16ClNO4.C10H8N2O3/c1-11-15(10-18(22)23)16-9-14(25-2)7-8-17(16)21(11)19(24)12-3-5-13(20)6-4-12;13-8-4-2-1-3-7(8)9(14)15-10-11-5-6-12-10/h3-9H,10H2,1-2H3,(H,22,23);1-6,13H,(H,11,12). The quantitative estimate of drug-likeness (QED) is 0.238. The van der Waals surface area contributed by atoms with Crippen molar-refractivity contribution < 1.29 is 34.1 Å². The third-order valence-corrected chi connectivity index (χ3v) is 6.20. The normalized spacial score (nSPS) is 10.5. The van der Waals surface area contributed by atoms with E-state index in [0.717, 1.165) is 0 Å². The molecule has 0 saturated carbocycles. The van der Waals surface area contributed by atoms with Gasteiger partial charge in [0.15, 0.2) is 0 Å². The van der Waals surface area contributed by atoms with E-state index in [1.807, 2.05) is 0 Å². The van der Waals surface area contributed by atoms with Crippen LogP contribution in [0.2, 0.25) is 5.02 Å². The number of para-hydroxylation sites is 1. The smallest absolute Gasteiger partial charge is 0.349 e. The number of aromatic amines is 1. The molecule has 0 saturated heterocycles. The lowest BCUT2D eigenvalue weighted by atomic mass is 10.1. The van der Waals surface area contributed by atoms with E-state index in [9.17, 15) is 24.6 Å². The Hall–Kier alpha value is -5.09. The van der Waals surface area contributed by atoms with Gasteiger partial charge in [0.1, 0.15) is 17.1 Å². The number of aromatic hydroxyl groups is 1. The first kappa shape index (κ1) is 27.9. The fourth-order valence-corrected chi connectivity index (χ4v) is 4.17. The average molecular weight is 562 g/mol. The maximum Gasteiger partial charge on any atom is 0.349 e. The predicted octanol–water partition coefficient (Wildman–Crippen LogP) is 5.26. The summed E-state index contributed by atoms with van der Waals surface area (Å²) in [5.41, 5.74) is 2.43. The highest BCUT2D eigenvalue weighted by Gasteiger charge is 2.22. The molecular formula is C29H24ClN3O7. The molecule has 2 heterocycles. The number of methoxy groups -OCH3 is 1. The minimum absolute atomic E-state index is 0.100. The highest BCUT2D eigenvalue weighted by Crippen LogP contribution is 2.31. The van der Waals surface area contributed by atoms with Crippen LogP contribution in [0.15, 0.2) is 79.1 Å². The summed E-state index contributed by atoms with van der Waals surface area (Å²) >= 11 is 5.89. The number of aromatic nitrogens is 3. The van der Waals surface area contributed by atoms with E-state index in [4.69, 9.17) is 21.1 Å². The molecule has 0 fully saturated rings. The molecule has 0 unspecified atom stereocenters. The average Bonchev–Trinajstić information content (AvgIpc) is 3.54. The summed E-state index contributed by atoms with van der Waals surface area (Å²) in [6.07, 6.45) is 2.83. The summed E-state index contributed by atoms with van der Waals surface area (Å²) in [5, 5.41) is 19.9. The van der Waals surface area contributed by atoms with Crippen molar-refractivity contribution in [2.75, 3.05) is 7.11 Å². The topological polar surface area (TPSA) is 144 Å². The van der Waals surface area contributed by atoms with Gasteiger partial charge in [-0.1, -0.05) is 23.7 Å². The van der Waals surface area contributed by atoms with E-state index < -0.39 is 11.9 Å². The minimum atomic E-state index is -0.955. The zero-order chi connectivity index (χ0) is 28.8. The lowest BCUT2D eigenvalue weighted by Gasteiger charge is -2.08. The number of phenols is 1. The molecule has 40 heavy (non-hydrogen) atoms. The second kappa shape index (κ2) is 12.2. The van der Waals surface area contributed by atoms with Gasteiger partial charge >= 0.3 is 17.9 Å². The van der Waals surface area contributed by atoms with Crippen molar-refractivity contribution in [1.29, 1.82) is 0 Å². The number of carboxylic acid groups (broad SMARTS) is 1. The second-order valence-electron chi connectivity index (χ2n) is 8.47. The number of carboxylic acids is 1. The van der Waals surface area contributed by atoms with Crippen molar-refractivity contribution >= 4 is 40.3 Å². The van der Waals surface area contributed by atoms with Crippen LogP contribution in [0.5, 0.6) is 17.5 Å². The molecule has 0 spiro atoms. The summed E-state index contributed by atoms with van der Waals surface area (Å²) in [6, 6.07) is 18.1. The van der Waals surface area contributed by atoms with Gasteiger partial charge in [0, 0.05) is 34.1 Å². The third kappa shape index (κ3) is 6.13. The van der Waals surface area contributed by atoms with Crippen molar-refractivity contribution in [1.82, 2.24) is 14.5 Å². The molecule has 10 nitrogen and oxygen atoms in total. The first-order chi connectivity index (χ1) is 19.2. The number of hydrogen-bond acceptors (Lipinski definition) is 7. The number of phenolic OH excluding ortho intramolecular Hbond substituents is 1. The summed E-state index contributed by atoms with van der Waals surface area (Å²) < 4.78 is 11.6. The highest BCUT2D eigenvalue weighted by atomic mass is 35.5. The number of benzene rings is 3. The Kier molecular flexibility index (Phi) is 8.51. The monoisotopic (exact) mass is 561 g/mol. The molecule has 2 aromatic heterocycles. The number of nitrogens with one attached hydrogen (secondary N) is 1. The van der Waals surface area contributed by atoms with Crippen LogP contribution in [0.3, 0.4) is 0 Å². The van der Waals surface area contributed by atoms with Crippen LogP contribution in [0.1, 0.15) is 32.0 Å². The summed E-state index contributed by atoms with van der Waals surface area (Å²) in [6.45, 7) is 1.75. The van der Waals surface area contributed by atoms with Crippen LogP contribution >= 0.6 is 11.6 Å². The van der Waals surface area contributed by atoms with Crippen molar-refractivity contribution in [3.63, 3.8) is 0 Å². The fourth-order valence-electron chi connectivity index (χ4n) is 4.04. The SMILES string of the molecule is COc1ccc2c(c1)c(CC(=O)O)c(C)n2C(=O)c1ccc(Cl)cc1.O=C(Oc1ncc[nH]1)c1ccccc1O. The molecular weight excluding hydrogens is 538 g/mol. The number of esters is 1. The maximum absolute atomic E-state index is 13.0. The van der Waals surface area contributed by atoms with Crippen molar-refractivity contribution in [2.45, 2.75) is 13.3 Å². The van der Waals surface area contributed by atoms with Crippen LogP contribution in [-0.4, -0.2) is 49.7 Å². The van der Waals surface area contributed by atoms with Crippen molar-refractivity contribution in [3.05, 3.63) is 107 Å². The van der Waals surface area contributed by atoms with Gasteiger partial charge in [-0.3, -0.25) is 14.2 Å². The Balaban J connectivity index is 0.000000210. The lowest BCUT2D eigenvalue weighted by molar-refractivity contribution is -0.136. The number of ether oxygens (including phenoxy) is 2. The second-order valence-corrected chi connectivity index (χ2v) is 8.90. The number of carbonyl (C=O) groups excluding carboxylic acids is 2. The van der Waals surface area contributed by atoms with E-state index in [1.165, 1.54) is 29.1 Å². The predicted molar refractivity (Wildman–Crippen MR) is 147 cm³/mol. The highest BCUT2D eigenvalue weighted by molar-refractivity contribution is 6.30. The molecule has 11 heteroatoms. The number of carbonyl (C=O) groups is 3. The third-order valence-electron chi connectivity index (χ3n) is 5.95. The molecule has 3 aromatic carbocycles. The number of hydrogen-bond donors (Lipinski definition) is 3. The maximum atomic E-state index is 13.0. The van der Waals surface area contributed by atoms with Gasteiger partial charge in [0.05, 0.1) is 19.0 Å². The number of nitrogens with zero attached hydrogens (tertiary/aromatic N) is 2. The number of aliphatic carboxylic acids is 1. The van der Waals surface area contributed by atoms with Crippen LogP contribution in [0, 0.1) is 6.92 Å². The first-order valence-corrected chi connectivity index (χ1v) is 12.3. The molecule has 0 amide bonds. The molecule has 0 atom stereocenters.